The number of nitrogens with one attached hydrogen (secondary N) is 1. The molecule has 0 aliphatic heterocycles. The van der Waals surface area contributed by atoms with Crippen molar-refractivity contribution in [1.82, 2.24) is 5.32 Å². The van der Waals surface area contributed by atoms with Gasteiger partial charge in [0.05, 0.1) is 0 Å². The summed E-state index contributed by atoms with van der Waals surface area (Å²) in [6, 6.07) is 1.27. The SMILES string of the molecule is [CH2]CC(NC(C)C)C1CCCCC1. The second kappa shape index (κ2) is 5.64. The molecule has 1 aliphatic rings. The third-order valence-corrected chi connectivity index (χ3v) is 3.08. The summed E-state index contributed by atoms with van der Waals surface area (Å²) < 4.78 is 0. The van der Waals surface area contributed by atoms with Gasteiger partial charge in [-0.1, -0.05) is 40.0 Å². The van der Waals surface area contributed by atoms with Gasteiger partial charge in [0.15, 0.2) is 0 Å². The Kier molecular flexibility index (Phi) is 4.79. The summed E-state index contributed by atoms with van der Waals surface area (Å²) in [5.74, 6) is 0.897. The summed E-state index contributed by atoms with van der Waals surface area (Å²) in [6.07, 6.45) is 8.19. The van der Waals surface area contributed by atoms with Crippen molar-refractivity contribution in [2.45, 2.75) is 64.5 Å². The van der Waals surface area contributed by atoms with E-state index in [2.05, 4.69) is 26.1 Å². The van der Waals surface area contributed by atoms with Crippen LogP contribution in [-0.4, -0.2) is 12.1 Å². The monoisotopic (exact) mass is 182 g/mol. The van der Waals surface area contributed by atoms with Crippen LogP contribution in [0.2, 0.25) is 0 Å². The van der Waals surface area contributed by atoms with Crippen LogP contribution in [0.5, 0.6) is 0 Å². The zero-order chi connectivity index (χ0) is 9.68. The normalized spacial score (nSPS) is 22.2. The maximum atomic E-state index is 4.05. The first-order valence-electron chi connectivity index (χ1n) is 5.79. The van der Waals surface area contributed by atoms with Gasteiger partial charge >= 0.3 is 0 Å². The zero-order valence-electron chi connectivity index (χ0n) is 9.18. The van der Waals surface area contributed by atoms with Gasteiger partial charge in [-0.25, -0.2) is 0 Å². The highest BCUT2D eigenvalue weighted by Gasteiger charge is 2.22. The van der Waals surface area contributed by atoms with Crippen LogP contribution in [0.1, 0.15) is 52.4 Å². The third kappa shape index (κ3) is 3.68. The predicted octanol–water partition coefficient (Wildman–Crippen LogP) is 3.16. The van der Waals surface area contributed by atoms with Crippen molar-refractivity contribution in [3.05, 3.63) is 6.92 Å². The predicted molar refractivity (Wildman–Crippen MR) is 58.6 cm³/mol. The first-order chi connectivity index (χ1) is 6.24. The highest BCUT2D eigenvalue weighted by Crippen LogP contribution is 2.27. The molecule has 0 saturated heterocycles. The molecule has 1 unspecified atom stereocenters. The molecule has 77 valence electrons. The van der Waals surface area contributed by atoms with Gasteiger partial charge in [0, 0.05) is 12.1 Å². The summed E-state index contributed by atoms with van der Waals surface area (Å²) in [4.78, 5) is 0. The lowest BCUT2D eigenvalue weighted by molar-refractivity contribution is 0.258. The van der Waals surface area contributed by atoms with Crippen LogP contribution in [0.4, 0.5) is 0 Å². The molecule has 1 nitrogen and oxygen atoms in total. The van der Waals surface area contributed by atoms with Crippen LogP contribution in [0.3, 0.4) is 0 Å². The maximum absolute atomic E-state index is 4.05. The topological polar surface area (TPSA) is 12.0 Å². The molecule has 13 heavy (non-hydrogen) atoms. The van der Waals surface area contributed by atoms with E-state index in [0.29, 0.717) is 12.1 Å². The fourth-order valence-corrected chi connectivity index (χ4v) is 2.42. The summed E-state index contributed by atoms with van der Waals surface area (Å²) >= 11 is 0. The van der Waals surface area contributed by atoms with Gasteiger partial charge in [0.1, 0.15) is 0 Å². The Bertz CT molecular complexity index is 125. The Morgan fingerprint density at radius 1 is 1.23 bits per heavy atom. The van der Waals surface area contributed by atoms with Crippen molar-refractivity contribution in [1.29, 1.82) is 0 Å². The average Bonchev–Trinajstić information content (AvgIpc) is 2.15. The molecular weight excluding hydrogens is 158 g/mol. The zero-order valence-corrected chi connectivity index (χ0v) is 9.18. The third-order valence-electron chi connectivity index (χ3n) is 3.08. The van der Waals surface area contributed by atoms with E-state index in [-0.39, 0.29) is 0 Å². The van der Waals surface area contributed by atoms with E-state index in [1.54, 1.807) is 0 Å². The van der Waals surface area contributed by atoms with Gasteiger partial charge in [0.25, 0.3) is 0 Å². The van der Waals surface area contributed by atoms with Gasteiger partial charge in [-0.3, -0.25) is 0 Å². The van der Waals surface area contributed by atoms with E-state index in [4.69, 9.17) is 0 Å². The van der Waals surface area contributed by atoms with Crippen molar-refractivity contribution >= 4 is 0 Å². The molecule has 1 rings (SSSR count). The molecule has 1 atom stereocenters. The maximum Gasteiger partial charge on any atom is 0.00976 e. The van der Waals surface area contributed by atoms with Gasteiger partial charge in [-0.15, -0.1) is 0 Å². The summed E-state index contributed by atoms with van der Waals surface area (Å²) in [5.41, 5.74) is 0. The van der Waals surface area contributed by atoms with Gasteiger partial charge in [0.2, 0.25) is 0 Å². The summed E-state index contributed by atoms with van der Waals surface area (Å²) in [7, 11) is 0. The second-order valence-corrected chi connectivity index (χ2v) is 4.61. The fraction of sp³-hybridized carbons (Fsp3) is 0.917. The Morgan fingerprint density at radius 3 is 2.31 bits per heavy atom. The Hall–Kier alpha value is -0.0400. The highest BCUT2D eigenvalue weighted by molar-refractivity contribution is 4.81. The first-order valence-corrected chi connectivity index (χ1v) is 5.79. The van der Waals surface area contributed by atoms with E-state index < -0.39 is 0 Å². The molecule has 0 aromatic carbocycles. The van der Waals surface area contributed by atoms with Crippen molar-refractivity contribution in [2.75, 3.05) is 0 Å². The molecule has 1 N–H and O–H groups in total. The van der Waals surface area contributed by atoms with Gasteiger partial charge in [-0.2, -0.15) is 0 Å². The molecular formula is C12H24N. The van der Waals surface area contributed by atoms with Gasteiger partial charge in [-0.05, 0) is 25.2 Å². The Morgan fingerprint density at radius 2 is 1.85 bits per heavy atom. The fourth-order valence-electron chi connectivity index (χ4n) is 2.42. The van der Waals surface area contributed by atoms with E-state index in [9.17, 15) is 0 Å². The lowest BCUT2D eigenvalue weighted by atomic mass is 9.82. The Balaban J connectivity index is 2.34. The quantitative estimate of drug-likeness (QED) is 0.704. The first kappa shape index (κ1) is 11.0. The second-order valence-electron chi connectivity index (χ2n) is 4.61. The minimum absolute atomic E-state index is 0.605. The molecule has 1 aliphatic carbocycles. The minimum atomic E-state index is 0.605. The van der Waals surface area contributed by atoms with Crippen molar-refractivity contribution in [3.63, 3.8) is 0 Å². The van der Waals surface area contributed by atoms with Gasteiger partial charge < -0.3 is 5.32 Å². The number of rotatable bonds is 4. The number of hydrogen-bond acceptors (Lipinski definition) is 1. The molecule has 0 bridgehead atoms. The van der Waals surface area contributed by atoms with Crippen LogP contribution < -0.4 is 5.32 Å². The van der Waals surface area contributed by atoms with Crippen LogP contribution in [-0.2, 0) is 0 Å². The van der Waals surface area contributed by atoms with Crippen LogP contribution in [0, 0.1) is 12.8 Å². The van der Waals surface area contributed by atoms with Crippen LogP contribution >= 0.6 is 0 Å². The van der Waals surface area contributed by atoms with Crippen molar-refractivity contribution in [3.8, 4) is 0 Å². The van der Waals surface area contributed by atoms with E-state index in [1.807, 2.05) is 0 Å². The summed E-state index contributed by atoms with van der Waals surface area (Å²) in [5, 5.41) is 3.64. The molecule has 0 amide bonds. The molecule has 1 fully saturated rings. The van der Waals surface area contributed by atoms with Crippen molar-refractivity contribution in [2.24, 2.45) is 5.92 Å². The summed E-state index contributed by atoms with van der Waals surface area (Å²) in [6.45, 7) is 8.51. The van der Waals surface area contributed by atoms with E-state index >= 15 is 0 Å². The molecule has 0 heterocycles. The van der Waals surface area contributed by atoms with Crippen LogP contribution in [0.25, 0.3) is 0 Å². The molecule has 0 spiro atoms. The molecule has 1 radical (unpaired) electrons. The Labute approximate surface area is 83.3 Å². The largest absolute Gasteiger partial charge is 0.312 e. The van der Waals surface area contributed by atoms with Crippen LogP contribution in [0.15, 0.2) is 0 Å². The van der Waals surface area contributed by atoms with E-state index in [1.165, 1.54) is 32.1 Å². The molecule has 0 aromatic rings. The molecule has 1 heteroatoms. The average molecular weight is 182 g/mol. The highest BCUT2D eigenvalue weighted by atomic mass is 14.9. The lowest BCUT2D eigenvalue weighted by Gasteiger charge is -2.31. The standard InChI is InChI=1S/C12H24N/c1-4-12(13-10(2)3)11-8-6-5-7-9-11/h10-13H,1,4-9H2,2-3H3. The lowest BCUT2D eigenvalue weighted by Crippen LogP contribution is -2.40. The number of hydrogen-bond donors (Lipinski definition) is 1. The van der Waals surface area contributed by atoms with E-state index in [0.717, 1.165) is 12.3 Å². The molecule has 1 saturated carbocycles. The molecule has 0 aromatic heterocycles. The van der Waals surface area contributed by atoms with Crippen molar-refractivity contribution < 1.29 is 0 Å². The smallest absolute Gasteiger partial charge is 0.00976 e. The minimum Gasteiger partial charge on any atom is -0.312 e.